The van der Waals surface area contributed by atoms with Gasteiger partial charge < -0.3 is 5.32 Å². The van der Waals surface area contributed by atoms with E-state index in [9.17, 15) is 13.2 Å². The highest BCUT2D eigenvalue weighted by atomic mass is 19.4. The van der Waals surface area contributed by atoms with Crippen molar-refractivity contribution in [2.75, 3.05) is 7.05 Å². The van der Waals surface area contributed by atoms with Crippen LogP contribution in [0, 0.1) is 0 Å². The third kappa shape index (κ3) is 5.23. The summed E-state index contributed by atoms with van der Waals surface area (Å²) in [4.78, 5) is 0. The number of halogens is 3. The van der Waals surface area contributed by atoms with Crippen LogP contribution in [0.2, 0.25) is 0 Å². The van der Waals surface area contributed by atoms with Crippen LogP contribution in [-0.2, 0) is 0 Å². The van der Waals surface area contributed by atoms with Gasteiger partial charge in [-0.1, -0.05) is 38.1 Å². The van der Waals surface area contributed by atoms with E-state index in [0.29, 0.717) is 5.92 Å². The summed E-state index contributed by atoms with van der Waals surface area (Å²) >= 11 is 0. The third-order valence-electron chi connectivity index (χ3n) is 3.59. The Bertz CT molecular complexity index is 370. The molecule has 1 nitrogen and oxygen atoms in total. The summed E-state index contributed by atoms with van der Waals surface area (Å²) in [6.07, 6.45) is -3.72. The molecular formula is C15H22F3N. The Morgan fingerprint density at radius 2 is 1.63 bits per heavy atom. The zero-order valence-corrected chi connectivity index (χ0v) is 11.7. The molecule has 0 saturated heterocycles. The van der Waals surface area contributed by atoms with E-state index in [-0.39, 0.29) is 12.5 Å². The molecule has 1 aromatic carbocycles. The summed E-state index contributed by atoms with van der Waals surface area (Å²) in [5.74, 6) is 0.484. The molecular weight excluding hydrogens is 251 g/mol. The molecule has 0 spiro atoms. The molecule has 0 aliphatic rings. The van der Waals surface area contributed by atoms with Gasteiger partial charge in [-0.15, -0.1) is 0 Å². The summed E-state index contributed by atoms with van der Waals surface area (Å²) in [5.41, 5.74) is 2.15. The normalized spacial score (nSPS) is 15.3. The minimum atomic E-state index is -4.09. The second kappa shape index (κ2) is 6.94. The summed E-state index contributed by atoms with van der Waals surface area (Å²) < 4.78 is 36.8. The van der Waals surface area contributed by atoms with Crippen molar-refractivity contribution in [1.29, 1.82) is 0 Å². The summed E-state index contributed by atoms with van der Waals surface area (Å²) in [5, 5.41) is 2.95. The fourth-order valence-electron chi connectivity index (χ4n) is 2.08. The van der Waals surface area contributed by atoms with Crippen LogP contribution >= 0.6 is 0 Å². The van der Waals surface area contributed by atoms with Gasteiger partial charge in [-0.3, -0.25) is 0 Å². The topological polar surface area (TPSA) is 12.0 Å². The second-order valence-corrected chi connectivity index (χ2v) is 4.97. The quantitative estimate of drug-likeness (QED) is 0.784. The first kappa shape index (κ1) is 16.0. The van der Waals surface area contributed by atoms with Gasteiger partial charge in [0.05, 0.1) is 0 Å². The van der Waals surface area contributed by atoms with E-state index in [2.05, 4.69) is 19.2 Å². The van der Waals surface area contributed by atoms with E-state index >= 15 is 0 Å². The molecule has 4 heteroatoms. The van der Waals surface area contributed by atoms with Crippen molar-refractivity contribution < 1.29 is 13.2 Å². The van der Waals surface area contributed by atoms with Crippen LogP contribution in [-0.4, -0.2) is 13.2 Å². The number of alkyl halides is 3. The maximum atomic E-state index is 12.3. The van der Waals surface area contributed by atoms with Crippen LogP contribution in [0.15, 0.2) is 24.3 Å². The van der Waals surface area contributed by atoms with Crippen molar-refractivity contribution in [1.82, 2.24) is 5.32 Å². The van der Waals surface area contributed by atoms with Crippen LogP contribution < -0.4 is 5.32 Å². The molecule has 2 unspecified atom stereocenters. The van der Waals surface area contributed by atoms with E-state index < -0.39 is 12.6 Å². The molecule has 19 heavy (non-hydrogen) atoms. The van der Waals surface area contributed by atoms with Crippen molar-refractivity contribution in [3.05, 3.63) is 35.4 Å². The highest BCUT2D eigenvalue weighted by Crippen LogP contribution is 2.28. The van der Waals surface area contributed by atoms with Gasteiger partial charge in [-0.25, -0.2) is 0 Å². The lowest BCUT2D eigenvalue weighted by molar-refractivity contribution is -0.136. The van der Waals surface area contributed by atoms with Crippen molar-refractivity contribution >= 4 is 0 Å². The van der Waals surface area contributed by atoms with Crippen LogP contribution in [0.1, 0.15) is 56.2 Å². The van der Waals surface area contributed by atoms with Gasteiger partial charge in [0.15, 0.2) is 0 Å². The number of rotatable bonds is 6. The molecule has 0 aliphatic heterocycles. The fourth-order valence-corrected chi connectivity index (χ4v) is 2.08. The van der Waals surface area contributed by atoms with Crippen LogP contribution in [0.4, 0.5) is 13.2 Å². The predicted octanol–water partition coefficient (Wildman–Crippen LogP) is 4.80. The molecule has 0 heterocycles. The average molecular weight is 273 g/mol. The lowest BCUT2D eigenvalue weighted by Crippen LogP contribution is -2.19. The van der Waals surface area contributed by atoms with Crippen molar-refractivity contribution in [2.24, 2.45) is 0 Å². The lowest BCUT2D eigenvalue weighted by atomic mass is 9.95. The molecule has 1 aromatic rings. The maximum Gasteiger partial charge on any atom is 0.389 e. The molecule has 0 radical (unpaired) electrons. The Morgan fingerprint density at radius 3 is 2.05 bits per heavy atom. The summed E-state index contributed by atoms with van der Waals surface area (Å²) in [7, 11) is 1.70. The minimum absolute atomic E-state index is 0.0721. The number of hydrogen-bond acceptors (Lipinski definition) is 1. The number of nitrogens with one attached hydrogen (secondary N) is 1. The Kier molecular flexibility index (Phi) is 5.85. The first-order valence-electron chi connectivity index (χ1n) is 6.71. The van der Waals surface area contributed by atoms with Crippen molar-refractivity contribution in [3.8, 4) is 0 Å². The van der Waals surface area contributed by atoms with Crippen LogP contribution in [0.25, 0.3) is 0 Å². The molecule has 1 N–H and O–H groups in total. The monoisotopic (exact) mass is 273 g/mol. The molecule has 2 atom stereocenters. The molecule has 0 aromatic heterocycles. The van der Waals surface area contributed by atoms with Crippen molar-refractivity contribution in [2.45, 2.75) is 51.2 Å². The largest absolute Gasteiger partial charge is 0.389 e. The molecule has 0 amide bonds. The molecule has 0 fully saturated rings. The SMILES string of the molecule is CCC(C)c1ccc(C(CCC(F)(F)F)NC)cc1. The number of benzene rings is 1. The first-order valence-corrected chi connectivity index (χ1v) is 6.71. The predicted molar refractivity (Wildman–Crippen MR) is 72.2 cm³/mol. The third-order valence-corrected chi connectivity index (χ3v) is 3.59. The second-order valence-electron chi connectivity index (χ2n) is 4.97. The van der Waals surface area contributed by atoms with Gasteiger partial charge in [-0.2, -0.15) is 13.2 Å². The Morgan fingerprint density at radius 1 is 1.11 bits per heavy atom. The average Bonchev–Trinajstić information content (AvgIpc) is 2.38. The minimum Gasteiger partial charge on any atom is -0.313 e. The van der Waals surface area contributed by atoms with E-state index in [4.69, 9.17) is 0 Å². The molecule has 1 rings (SSSR count). The van der Waals surface area contributed by atoms with E-state index in [0.717, 1.165) is 12.0 Å². The van der Waals surface area contributed by atoms with E-state index in [1.54, 1.807) is 7.05 Å². The fraction of sp³-hybridized carbons (Fsp3) is 0.600. The van der Waals surface area contributed by atoms with Gasteiger partial charge in [-0.05, 0) is 36.9 Å². The van der Waals surface area contributed by atoms with Gasteiger partial charge in [0.2, 0.25) is 0 Å². The standard InChI is InChI=1S/C15H22F3N/c1-4-11(2)12-5-7-13(8-6-12)14(19-3)9-10-15(16,17)18/h5-8,11,14,19H,4,9-10H2,1-3H3. The molecule has 0 aliphatic carbocycles. The van der Waals surface area contributed by atoms with E-state index in [1.165, 1.54) is 5.56 Å². The van der Waals surface area contributed by atoms with Gasteiger partial charge >= 0.3 is 6.18 Å². The van der Waals surface area contributed by atoms with Crippen LogP contribution in [0.3, 0.4) is 0 Å². The Labute approximate surface area is 113 Å². The summed E-state index contributed by atoms with van der Waals surface area (Å²) in [6.45, 7) is 4.27. The number of hydrogen-bond donors (Lipinski definition) is 1. The lowest BCUT2D eigenvalue weighted by Gasteiger charge is -2.18. The summed E-state index contributed by atoms with van der Waals surface area (Å²) in [6, 6.07) is 7.65. The molecule has 108 valence electrons. The van der Waals surface area contributed by atoms with Gasteiger partial charge in [0.1, 0.15) is 0 Å². The van der Waals surface area contributed by atoms with Crippen LogP contribution in [0.5, 0.6) is 0 Å². The zero-order chi connectivity index (χ0) is 14.5. The first-order chi connectivity index (χ1) is 8.87. The zero-order valence-electron chi connectivity index (χ0n) is 11.7. The molecule has 0 bridgehead atoms. The smallest absolute Gasteiger partial charge is 0.313 e. The van der Waals surface area contributed by atoms with Crippen molar-refractivity contribution in [3.63, 3.8) is 0 Å². The molecule has 0 saturated carbocycles. The van der Waals surface area contributed by atoms with Gasteiger partial charge in [0, 0.05) is 12.5 Å². The van der Waals surface area contributed by atoms with Gasteiger partial charge in [0.25, 0.3) is 0 Å². The highest BCUT2D eigenvalue weighted by molar-refractivity contribution is 5.27. The van der Waals surface area contributed by atoms with E-state index in [1.807, 2.05) is 24.3 Å². The maximum absolute atomic E-state index is 12.3. The Balaban J connectivity index is 2.71. The highest BCUT2D eigenvalue weighted by Gasteiger charge is 2.28. The Hall–Kier alpha value is -1.03.